The van der Waals surface area contributed by atoms with Crippen LogP contribution < -0.4 is 0 Å². The molecule has 1 unspecified atom stereocenters. The number of aldehydes is 1. The van der Waals surface area contributed by atoms with Crippen LogP contribution in [0.1, 0.15) is 15.9 Å². The van der Waals surface area contributed by atoms with Gasteiger partial charge in [-0.1, -0.05) is 24.3 Å². The second-order valence-electron chi connectivity index (χ2n) is 4.25. The number of ether oxygens (including phenoxy) is 1. The highest BCUT2D eigenvalue weighted by Gasteiger charge is 2.51. The van der Waals surface area contributed by atoms with Gasteiger partial charge in [0.1, 0.15) is 24.1 Å². The Morgan fingerprint density at radius 3 is 2.39 bits per heavy atom. The van der Waals surface area contributed by atoms with Gasteiger partial charge in [-0.25, -0.2) is 0 Å². The SMILES string of the molecule is O=Cc1ccc([C@]2(O)[C@H](O)COC(O)[C@@H]2O)cc1. The van der Waals surface area contributed by atoms with E-state index >= 15 is 0 Å². The number of benzene rings is 1. The van der Waals surface area contributed by atoms with Crippen LogP contribution in [0.3, 0.4) is 0 Å². The monoisotopic (exact) mass is 254 g/mol. The average Bonchev–Trinajstić information content (AvgIpc) is 2.41. The first-order valence-corrected chi connectivity index (χ1v) is 5.44. The van der Waals surface area contributed by atoms with Crippen molar-refractivity contribution in [3.05, 3.63) is 35.4 Å². The van der Waals surface area contributed by atoms with Gasteiger partial charge in [-0.05, 0) is 5.56 Å². The molecule has 98 valence electrons. The molecule has 0 saturated carbocycles. The number of carbonyl (C=O) groups excluding carboxylic acids is 1. The van der Waals surface area contributed by atoms with Crippen molar-refractivity contribution in [2.75, 3.05) is 6.61 Å². The first-order chi connectivity index (χ1) is 8.50. The van der Waals surface area contributed by atoms with Crippen LogP contribution in [-0.2, 0) is 10.3 Å². The van der Waals surface area contributed by atoms with Crippen LogP contribution >= 0.6 is 0 Å². The Bertz CT molecular complexity index is 431. The Hall–Kier alpha value is -1.31. The largest absolute Gasteiger partial charge is 0.387 e. The number of hydrogen-bond donors (Lipinski definition) is 4. The molecule has 0 bridgehead atoms. The topological polar surface area (TPSA) is 107 Å². The van der Waals surface area contributed by atoms with E-state index in [1.165, 1.54) is 24.3 Å². The summed E-state index contributed by atoms with van der Waals surface area (Å²) < 4.78 is 4.70. The fraction of sp³-hybridized carbons (Fsp3) is 0.417. The maximum atomic E-state index is 10.5. The summed E-state index contributed by atoms with van der Waals surface area (Å²) >= 11 is 0. The molecule has 2 rings (SSSR count). The predicted molar refractivity (Wildman–Crippen MR) is 59.7 cm³/mol. The summed E-state index contributed by atoms with van der Waals surface area (Å²) in [5.74, 6) is 0. The molecule has 0 amide bonds. The van der Waals surface area contributed by atoms with Crippen molar-refractivity contribution in [1.29, 1.82) is 0 Å². The molecule has 0 radical (unpaired) electrons. The lowest BCUT2D eigenvalue weighted by atomic mass is 9.81. The normalized spacial score (nSPS) is 36.3. The van der Waals surface area contributed by atoms with Crippen LogP contribution in [0.15, 0.2) is 24.3 Å². The molecule has 6 heteroatoms. The molecule has 6 nitrogen and oxygen atoms in total. The Morgan fingerprint density at radius 1 is 1.22 bits per heavy atom. The molecule has 1 fully saturated rings. The van der Waals surface area contributed by atoms with Crippen LogP contribution in [-0.4, -0.2) is 51.8 Å². The van der Waals surface area contributed by atoms with E-state index in [4.69, 9.17) is 4.74 Å². The van der Waals surface area contributed by atoms with Gasteiger partial charge in [0.2, 0.25) is 0 Å². The molecule has 1 aromatic carbocycles. The van der Waals surface area contributed by atoms with E-state index in [0.717, 1.165) is 0 Å². The molecule has 1 aliphatic heterocycles. The molecular weight excluding hydrogens is 240 g/mol. The first kappa shape index (κ1) is 13.1. The van der Waals surface area contributed by atoms with Crippen molar-refractivity contribution in [1.82, 2.24) is 0 Å². The van der Waals surface area contributed by atoms with Crippen LogP contribution in [0.2, 0.25) is 0 Å². The second-order valence-corrected chi connectivity index (χ2v) is 4.25. The van der Waals surface area contributed by atoms with Crippen molar-refractivity contribution in [2.45, 2.75) is 24.1 Å². The number of aliphatic hydroxyl groups excluding tert-OH is 3. The van der Waals surface area contributed by atoms with Crippen molar-refractivity contribution >= 4 is 6.29 Å². The Balaban J connectivity index is 2.40. The van der Waals surface area contributed by atoms with E-state index in [1.807, 2.05) is 0 Å². The quantitative estimate of drug-likeness (QED) is 0.492. The molecule has 0 spiro atoms. The van der Waals surface area contributed by atoms with Crippen LogP contribution in [0.5, 0.6) is 0 Å². The molecule has 18 heavy (non-hydrogen) atoms. The average molecular weight is 254 g/mol. The Morgan fingerprint density at radius 2 is 1.83 bits per heavy atom. The highest BCUT2D eigenvalue weighted by atomic mass is 16.6. The minimum atomic E-state index is -2.03. The van der Waals surface area contributed by atoms with Gasteiger partial charge in [0.15, 0.2) is 6.29 Å². The van der Waals surface area contributed by atoms with Gasteiger partial charge in [0.05, 0.1) is 6.61 Å². The summed E-state index contributed by atoms with van der Waals surface area (Å²) in [6, 6.07) is 5.71. The predicted octanol–water partition coefficient (Wildman–Crippen LogP) is -1.24. The molecule has 1 aliphatic rings. The summed E-state index contributed by atoms with van der Waals surface area (Å²) in [4.78, 5) is 10.5. The van der Waals surface area contributed by atoms with Crippen molar-refractivity contribution in [3.8, 4) is 0 Å². The van der Waals surface area contributed by atoms with E-state index in [9.17, 15) is 25.2 Å². The van der Waals surface area contributed by atoms with Crippen LogP contribution in [0, 0.1) is 0 Å². The summed E-state index contributed by atoms with van der Waals surface area (Å²) in [5, 5.41) is 39.4. The third kappa shape index (κ3) is 1.94. The number of aliphatic hydroxyl groups is 4. The minimum Gasteiger partial charge on any atom is -0.387 e. The van der Waals surface area contributed by atoms with E-state index in [0.29, 0.717) is 11.8 Å². The van der Waals surface area contributed by atoms with Gasteiger partial charge in [-0.3, -0.25) is 4.79 Å². The first-order valence-electron chi connectivity index (χ1n) is 5.44. The maximum absolute atomic E-state index is 10.5. The highest BCUT2D eigenvalue weighted by Crippen LogP contribution is 2.34. The fourth-order valence-electron chi connectivity index (χ4n) is 2.01. The zero-order chi connectivity index (χ0) is 13.3. The summed E-state index contributed by atoms with van der Waals surface area (Å²) in [6.07, 6.45) is -4.00. The lowest BCUT2D eigenvalue weighted by Crippen LogP contribution is -2.60. The maximum Gasteiger partial charge on any atom is 0.184 e. The van der Waals surface area contributed by atoms with E-state index < -0.39 is 24.1 Å². The van der Waals surface area contributed by atoms with Crippen molar-refractivity contribution in [3.63, 3.8) is 0 Å². The summed E-state index contributed by atoms with van der Waals surface area (Å²) in [5.41, 5.74) is -1.42. The van der Waals surface area contributed by atoms with Gasteiger partial charge in [0, 0.05) is 5.56 Å². The molecule has 1 heterocycles. The number of hydrogen-bond acceptors (Lipinski definition) is 6. The van der Waals surface area contributed by atoms with Gasteiger partial charge in [-0.15, -0.1) is 0 Å². The van der Waals surface area contributed by atoms with Crippen molar-refractivity contribution in [2.24, 2.45) is 0 Å². The Labute approximate surface area is 103 Å². The molecule has 1 aromatic rings. The standard InChI is InChI=1S/C12H14O6/c13-5-7-1-3-8(4-2-7)12(17)9(14)6-18-11(16)10(12)15/h1-5,9-11,14-17H,6H2/t9-,10+,11?,12+/m1/s1. The molecule has 0 aromatic heterocycles. The van der Waals surface area contributed by atoms with Crippen LogP contribution in [0.4, 0.5) is 0 Å². The van der Waals surface area contributed by atoms with E-state index in [-0.39, 0.29) is 12.2 Å². The zero-order valence-electron chi connectivity index (χ0n) is 9.43. The lowest BCUT2D eigenvalue weighted by molar-refractivity contribution is -0.297. The van der Waals surface area contributed by atoms with Gasteiger partial charge in [-0.2, -0.15) is 0 Å². The molecule has 1 saturated heterocycles. The van der Waals surface area contributed by atoms with Crippen LogP contribution in [0.25, 0.3) is 0 Å². The molecule has 4 N–H and O–H groups in total. The summed E-state index contributed by atoms with van der Waals surface area (Å²) in [7, 11) is 0. The third-order valence-corrected chi connectivity index (χ3v) is 3.16. The van der Waals surface area contributed by atoms with E-state index in [2.05, 4.69) is 0 Å². The number of carbonyl (C=O) groups is 1. The molecule has 4 atom stereocenters. The van der Waals surface area contributed by atoms with Gasteiger partial charge >= 0.3 is 0 Å². The molecular formula is C12H14O6. The Kier molecular flexibility index (Phi) is 3.47. The van der Waals surface area contributed by atoms with Gasteiger partial charge < -0.3 is 25.2 Å². The highest BCUT2D eigenvalue weighted by molar-refractivity contribution is 5.74. The molecule has 0 aliphatic carbocycles. The third-order valence-electron chi connectivity index (χ3n) is 3.16. The smallest absolute Gasteiger partial charge is 0.184 e. The fourth-order valence-corrected chi connectivity index (χ4v) is 2.01. The second kappa shape index (κ2) is 4.75. The van der Waals surface area contributed by atoms with E-state index in [1.54, 1.807) is 0 Å². The lowest BCUT2D eigenvalue weighted by Gasteiger charge is -2.43. The van der Waals surface area contributed by atoms with Crippen molar-refractivity contribution < 1.29 is 30.0 Å². The number of rotatable bonds is 2. The van der Waals surface area contributed by atoms with Gasteiger partial charge in [0.25, 0.3) is 0 Å². The zero-order valence-corrected chi connectivity index (χ0v) is 9.43. The summed E-state index contributed by atoms with van der Waals surface area (Å²) in [6.45, 7) is -0.301. The minimum absolute atomic E-state index is 0.204.